The summed E-state index contributed by atoms with van der Waals surface area (Å²) in [4.78, 5) is 12.0. The van der Waals surface area contributed by atoms with E-state index in [1.54, 1.807) is 6.07 Å². The van der Waals surface area contributed by atoms with E-state index in [0.29, 0.717) is 15.9 Å². The average Bonchev–Trinajstić information content (AvgIpc) is 2.61. The van der Waals surface area contributed by atoms with E-state index in [1.165, 1.54) is 19.3 Å². The molecule has 0 aliphatic carbocycles. The third kappa shape index (κ3) is 2.94. The summed E-state index contributed by atoms with van der Waals surface area (Å²) in [5.74, 6) is 1.65. The number of rotatable bonds is 2. The summed E-state index contributed by atoms with van der Waals surface area (Å²) in [5.41, 5.74) is 1.75. The molecule has 1 saturated heterocycles. The molecule has 4 rings (SSSR count). The molecule has 0 radical (unpaired) electrons. The Morgan fingerprint density at radius 2 is 1.67 bits per heavy atom. The first-order valence-corrected chi connectivity index (χ1v) is 8.95. The van der Waals surface area contributed by atoms with E-state index in [2.05, 4.69) is 11.0 Å². The fourth-order valence-electron chi connectivity index (χ4n) is 3.20. The number of aromatic nitrogens is 2. The lowest BCUT2D eigenvalue weighted by molar-refractivity contribution is 0.575. The van der Waals surface area contributed by atoms with Gasteiger partial charge in [0.05, 0.1) is 10.5 Å². The molecule has 0 unspecified atom stereocenters. The second-order valence-electron chi connectivity index (χ2n) is 6.06. The van der Waals surface area contributed by atoms with Gasteiger partial charge in [0.25, 0.3) is 0 Å². The molecule has 0 bridgehead atoms. The lowest BCUT2D eigenvalue weighted by atomic mass is 10.1. The molecule has 2 heterocycles. The zero-order chi connectivity index (χ0) is 16.5. The Balaban J connectivity index is 1.90. The molecule has 1 aliphatic heterocycles. The molecular formula is C19H17Cl2N3. The average molecular weight is 358 g/mol. The number of fused-ring (bicyclic) bond motifs is 1. The summed E-state index contributed by atoms with van der Waals surface area (Å²) in [6, 6.07) is 13.6. The molecule has 0 atom stereocenters. The van der Waals surface area contributed by atoms with Crippen LogP contribution in [-0.2, 0) is 0 Å². The highest BCUT2D eigenvalue weighted by Gasteiger charge is 2.18. The summed E-state index contributed by atoms with van der Waals surface area (Å²) < 4.78 is 0. The van der Waals surface area contributed by atoms with Crippen LogP contribution in [0.2, 0.25) is 10.0 Å². The molecule has 2 aromatic carbocycles. The fourth-order valence-corrected chi connectivity index (χ4v) is 3.69. The van der Waals surface area contributed by atoms with Gasteiger partial charge in [-0.2, -0.15) is 0 Å². The SMILES string of the molecule is Clc1ccc(-c2nc(N3CCCCC3)c3ccccc3n2)c(Cl)c1. The standard InChI is InChI=1S/C19H17Cl2N3/c20-13-8-9-14(16(21)12-13)18-22-17-7-3-2-6-15(17)19(23-18)24-10-4-1-5-11-24/h2-3,6-9,12H,1,4-5,10-11H2. The Labute approximate surface area is 151 Å². The van der Waals surface area contributed by atoms with Crippen molar-refractivity contribution in [3.05, 3.63) is 52.5 Å². The summed E-state index contributed by atoms with van der Waals surface area (Å²) >= 11 is 12.4. The zero-order valence-electron chi connectivity index (χ0n) is 13.2. The van der Waals surface area contributed by atoms with E-state index >= 15 is 0 Å². The third-order valence-corrected chi connectivity index (χ3v) is 4.96. The van der Waals surface area contributed by atoms with Crippen molar-refractivity contribution < 1.29 is 0 Å². The van der Waals surface area contributed by atoms with Crippen LogP contribution in [0, 0.1) is 0 Å². The van der Waals surface area contributed by atoms with Gasteiger partial charge in [-0.15, -0.1) is 0 Å². The molecule has 0 spiro atoms. The molecule has 1 aromatic heterocycles. The normalized spacial score (nSPS) is 15.0. The van der Waals surface area contributed by atoms with Crippen LogP contribution in [0.3, 0.4) is 0 Å². The van der Waals surface area contributed by atoms with Crippen LogP contribution in [0.15, 0.2) is 42.5 Å². The zero-order valence-corrected chi connectivity index (χ0v) is 14.7. The molecule has 122 valence electrons. The van der Waals surface area contributed by atoms with Crippen LogP contribution in [0.1, 0.15) is 19.3 Å². The minimum atomic E-state index is 0.572. The largest absolute Gasteiger partial charge is 0.356 e. The van der Waals surface area contributed by atoms with Crippen LogP contribution in [0.25, 0.3) is 22.3 Å². The first-order chi connectivity index (χ1) is 11.7. The molecule has 3 nitrogen and oxygen atoms in total. The highest BCUT2D eigenvalue weighted by Crippen LogP contribution is 2.33. The summed E-state index contributed by atoms with van der Waals surface area (Å²) in [6.45, 7) is 2.07. The predicted octanol–water partition coefficient (Wildman–Crippen LogP) is 5.59. The summed E-state index contributed by atoms with van der Waals surface area (Å²) in [5, 5.41) is 2.27. The van der Waals surface area contributed by atoms with Crippen LogP contribution < -0.4 is 4.90 Å². The van der Waals surface area contributed by atoms with E-state index in [0.717, 1.165) is 35.4 Å². The smallest absolute Gasteiger partial charge is 0.163 e. The van der Waals surface area contributed by atoms with Crippen molar-refractivity contribution in [3.63, 3.8) is 0 Å². The summed E-state index contributed by atoms with van der Waals surface area (Å²) in [6.07, 6.45) is 3.69. The van der Waals surface area contributed by atoms with E-state index < -0.39 is 0 Å². The van der Waals surface area contributed by atoms with Gasteiger partial charge in [-0.05, 0) is 49.6 Å². The first-order valence-electron chi connectivity index (χ1n) is 8.19. The lowest BCUT2D eigenvalue weighted by Gasteiger charge is -2.29. The Hall–Kier alpha value is -1.84. The van der Waals surface area contributed by atoms with Gasteiger partial charge in [0.1, 0.15) is 5.82 Å². The Kier molecular flexibility index (Phi) is 4.30. The third-order valence-electron chi connectivity index (χ3n) is 4.41. The fraction of sp³-hybridized carbons (Fsp3) is 0.263. The Morgan fingerprint density at radius 3 is 2.46 bits per heavy atom. The number of anilines is 1. The van der Waals surface area contributed by atoms with Gasteiger partial charge in [0.15, 0.2) is 5.82 Å². The molecule has 5 heteroatoms. The van der Waals surface area contributed by atoms with Crippen LogP contribution in [-0.4, -0.2) is 23.1 Å². The Bertz CT molecular complexity index is 889. The Morgan fingerprint density at radius 1 is 0.875 bits per heavy atom. The van der Waals surface area contributed by atoms with Gasteiger partial charge in [-0.25, -0.2) is 9.97 Å². The molecule has 3 aromatic rings. The number of halogens is 2. The highest BCUT2D eigenvalue weighted by molar-refractivity contribution is 6.36. The minimum Gasteiger partial charge on any atom is -0.356 e. The van der Waals surface area contributed by atoms with E-state index in [-0.39, 0.29) is 0 Å². The van der Waals surface area contributed by atoms with Gasteiger partial charge < -0.3 is 4.90 Å². The molecule has 24 heavy (non-hydrogen) atoms. The predicted molar refractivity (Wildman–Crippen MR) is 101 cm³/mol. The topological polar surface area (TPSA) is 29.0 Å². The molecule has 0 saturated carbocycles. The van der Waals surface area contributed by atoms with Crippen molar-refractivity contribution in [1.29, 1.82) is 0 Å². The number of nitrogens with zero attached hydrogens (tertiary/aromatic N) is 3. The van der Waals surface area contributed by atoms with Crippen molar-refractivity contribution in [3.8, 4) is 11.4 Å². The van der Waals surface area contributed by atoms with Gasteiger partial charge >= 0.3 is 0 Å². The van der Waals surface area contributed by atoms with Crippen molar-refractivity contribution in [2.45, 2.75) is 19.3 Å². The minimum absolute atomic E-state index is 0.572. The van der Waals surface area contributed by atoms with Crippen LogP contribution in [0.5, 0.6) is 0 Å². The van der Waals surface area contributed by atoms with Crippen molar-refractivity contribution >= 4 is 39.9 Å². The van der Waals surface area contributed by atoms with Gasteiger partial charge in [0.2, 0.25) is 0 Å². The number of hydrogen-bond donors (Lipinski definition) is 0. The highest BCUT2D eigenvalue weighted by atomic mass is 35.5. The first kappa shape index (κ1) is 15.7. The van der Waals surface area contributed by atoms with Gasteiger partial charge in [-0.1, -0.05) is 35.3 Å². The van der Waals surface area contributed by atoms with Crippen LogP contribution in [0.4, 0.5) is 5.82 Å². The molecule has 0 amide bonds. The van der Waals surface area contributed by atoms with Crippen LogP contribution >= 0.6 is 23.2 Å². The molecule has 1 fully saturated rings. The lowest BCUT2D eigenvalue weighted by Crippen LogP contribution is -2.30. The number of benzene rings is 2. The van der Waals surface area contributed by atoms with E-state index in [4.69, 9.17) is 33.2 Å². The monoisotopic (exact) mass is 357 g/mol. The van der Waals surface area contributed by atoms with Gasteiger partial charge in [-0.3, -0.25) is 0 Å². The molecule has 1 aliphatic rings. The number of hydrogen-bond acceptors (Lipinski definition) is 3. The van der Waals surface area contributed by atoms with E-state index in [9.17, 15) is 0 Å². The maximum atomic E-state index is 6.38. The molecule has 0 N–H and O–H groups in total. The number of para-hydroxylation sites is 1. The number of piperidine rings is 1. The van der Waals surface area contributed by atoms with E-state index in [1.807, 2.05) is 30.3 Å². The maximum Gasteiger partial charge on any atom is 0.163 e. The van der Waals surface area contributed by atoms with Crippen molar-refractivity contribution in [2.75, 3.05) is 18.0 Å². The van der Waals surface area contributed by atoms with Gasteiger partial charge in [0, 0.05) is 29.1 Å². The molecular weight excluding hydrogens is 341 g/mol. The van der Waals surface area contributed by atoms with Crippen molar-refractivity contribution in [1.82, 2.24) is 9.97 Å². The quantitative estimate of drug-likeness (QED) is 0.598. The second kappa shape index (κ2) is 6.58. The maximum absolute atomic E-state index is 6.38. The second-order valence-corrected chi connectivity index (χ2v) is 6.90. The van der Waals surface area contributed by atoms with Crippen molar-refractivity contribution in [2.24, 2.45) is 0 Å². The summed E-state index contributed by atoms with van der Waals surface area (Å²) in [7, 11) is 0.